The molecule has 1 aliphatic carbocycles. The summed E-state index contributed by atoms with van der Waals surface area (Å²) in [7, 11) is 0. The summed E-state index contributed by atoms with van der Waals surface area (Å²) >= 11 is 0. The van der Waals surface area contributed by atoms with Crippen LogP contribution in [0, 0.1) is 0 Å². The fourth-order valence-electron chi connectivity index (χ4n) is 2.84. The van der Waals surface area contributed by atoms with E-state index in [-0.39, 0.29) is 0 Å². The summed E-state index contributed by atoms with van der Waals surface area (Å²) in [4.78, 5) is 0. The van der Waals surface area contributed by atoms with Crippen molar-refractivity contribution in [3.8, 4) is 0 Å². The summed E-state index contributed by atoms with van der Waals surface area (Å²) < 4.78 is 0. The van der Waals surface area contributed by atoms with Crippen molar-refractivity contribution in [3.05, 3.63) is 0 Å². The van der Waals surface area contributed by atoms with Crippen LogP contribution in [0.3, 0.4) is 0 Å². The molecule has 2 heteroatoms. The van der Waals surface area contributed by atoms with Crippen LogP contribution in [0.4, 0.5) is 0 Å². The maximum absolute atomic E-state index is 3.87. The molecule has 0 radical (unpaired) electrons. The van der Waals surface area contributed by atoms with E-state index in [1.54, 1.807) is 0 Å². The lowest BCUT2D eigenvalue weighted by molar-refractivity contribution is 0.243. The fourth-order valence-corrected chi connectivity index (χ4v) is 2.84. The minimum absolute atomic E-state index is 0.657. The van der Waals surface area contributed by atoms with Crippen LogP contribution >= 0.6 is 0 Å². The van der Waals surface area contributed by atoms with Crippen molar-refractivity contribution < 1.29 is 0 Å². The van der Waals surface area contributed by atoms with Crippen LogP contribution in [-0.2, 0) is 0 Å². The third-order valence-corrected chi connectivity index (χ3v) is 4.31. The van der Waals surface area contributed by atoms with E-state index in [9.17, 15) is 0 Å². The molecule has 0 aromatic heterocycles. The zero-order valence-electron chi connectivity index (χ0n) is 12.3. The first-order chi connectivity index (χ1) is 8.21. The van der Waals surface area contributed by atoms with Crippen molar-refractivity contribution in [3.63, 3.8) is 0 Å². The van der Waals surface area contributed by atoms with Gasteiger partial charge in [-0.1, -0.05) is 33.6 Å². The van der Waals surface area contributed by atoms with Crippen LogP contribution < -0.4 is 10.6 Å². The molecule has 0 spiro atoms. The molecule has 3 atom stereocenters. The zero-order chi connectivity index (χ0) is 12.7. The second-order valence-electron chi connectivity index (χ2n) is 5.65. The van der Waals surface area contributed by atoms with Gasteiger partial charge in [0.15, 0.2) is 0 Å². The highest BCUT2D eigenvalue weighted by Crippen LogP contribution is 2.20. The van der Waals surface area contributed by atoms with Gasteiger partial charge in [-0.25, -0.2) is 0 Å². The van der Waals surface area contributed by atoms with Gasteiger partial charge in [0.1, 0.15) is 0 Å². The van der Waals surface area contributed by atoms with Gasteiger partial charge in [0.05, 0.1) is 0 Å². The van der Waals surface area contributed by atoms with Crippen LogP contribution in [0.1, 0.15) is 72.6 Å². The molecule has 1 aliphatic rings. The lowest BCUT2D eigenvalue weighted by Gasteiger charge is -2.37. The molecule has 0 aromatic carbocycles. The van der Waals surface area contributed by atoms with E-state index in [1.807, 2.05) is 0 Å². The molecule has 0 amide bonds. The molecule has 17 heavy (non-hydrogen) atoms. The van der Waals surface area contributed by atoms with Gasteiger partial charge in [-0.3, -0.25) is 0 Å². The second kappa shape index (κ2) is 8.10. The smallest absolute Gasteiger partial charge is 0.0223 e. The molecule has 0 aromatic rings. The van der Waals surface area contributed by atoms with Crippen LogP contribution in [0.25, 0.3) is 0 Å². The van der Waals surface area contributed by atoms with E-state index in [0.29, 0.717) is 24.2 Å². The predicted molar refractivity (Wildman–Crippen MR) is 76.4 cm³/mol. The molecule has 0 heterocycles. The van der Waals surface area contributed by atoms with Gasteiger partial charge in [-0.2, -0.15) is 0 Å². The Morgan fingerprint density at radius 1 is 0.882 bits per heavy atom. The molecular formula is C15H32N2. The Morgan fingerprint density at radius 2 is 1.41 bits per heavy atom. The van der Waals surface area contributed by atoms with Crippen LogP contribution in [0.5, 0.6) is 0 Å². The Bertz CT molecular complexity index is 189. The van der Waals surface area contributed by atoms with Gasteiger partial charge in [-0.05, 0) is 39.0 Å². The Morgan fingerprint density at radius 3 is 1.88 bits per heavy atom. The number of nitrogens with one attached hydrogen (secondary N) is 2. The Hall–Kier alpha value is -0.0800. The number of hydrogen-bond acceptors (Lipinski definition) is 2. The molecule has 1 saturated carbocycles. The lowest BCUT2D eigenvalue weighted by atomic mass is 9.88. The maximum Gasteiger partial charge on any atom is 0.0223 e. The average Bonchev–Trinajstić information content (AvgIpc) is 2.37. The van der Waals surface area contributed by atoms with E-state index in [2.05, 4.69) is 38.3 Å². The third-order valence-electron chi connectivity index (χ3n) is 4.31. The maximum atomic E-state index is 3.87. The minimum atomic E-state index is 0.657. The summed E-state index contributed by atoms with van der Waals surface area (Å²) in [5.74, 6) is 0. The topological polar surface area (TPSA) is 24.1 Å². The SMILES string of the molecule is CCC(C)NC1CCCCC1NC(CC)CC. The first kappa shape index (κ1) is 15.0. The standard InChI is InChI=1S/C15H32N2/c1-5-12(4)16-14-10-8-9-11-15(14)17-13(6-2)7-3/h12-17H,5-11H2,1-4H3. The molecule has 102 valence electrons. The number of hydrogen-bond donors (Lipinski definition) is 2. The Kier molecular flexibility index (Phi) is 7.14. The molecule has 2 N–H and O–H groups in total. The molecule has 2 nitrogen and oxygen atoms in total. The molecule has 1 fully saturated rings. The third kappa shape index (κ3) is 4.97. The summed E-state index contributed by atoms with van der Waals surface area (Å²) in [5.41, 5.74) is 0. The predicted octanol–water partition coefficient (Wildman–Crippen LogP) is 3.46. The Balaban J connectivity index is 2.47. The molecule has 3 unspecified atom stereocenters. The highest BCUT2D eigenvalue weighted by molar-refractivity contribution is 4.89. The van der Waals surface area contributed by atoms with Crippen LogP contribution in [0.2, 0.25) is 0 Å². The van der Waals surface area contributed by atoms with Crippen molar-refractivity contribution >= 4 is 0 Å². The normalized spacial score (nSPS) is 27.4. The van der Waals surface area contributed by atoms with Crippen LogP contribution in [-0.4, -0.2) is 24.2 Å². The first-order valence-electron chi connectivity index (χ1n) is 7.73. The molecular weight excluding hydrogens is 208 g/mol. The minimum Gasteiger partial charge on any atom is -0.310 e. The number of rotatable bonds is 7. The van der Waals surface area contributed by atoms with Gasteiger partial charge in [0.2, 0.25) is 0 Å². The summed E-state index contributed by atoms with van der Waals surface area (Å²) in [6.45, 7) is 9.16. The van der Waals surface area contributed by atoms with Gasteiger partial charge < -0.3 is 10.6 Å². The summed E-state index contributed by atoms with van der Waals surface area (Å²) in [5, 5.41) is 7.68. The monoisotopic (exact) mass is 240 g/mol. The Labute approximate surface area is 108 Å². The molecule has 1 rings (SSSR count). The van der Waals surface area contributed by atoms with Gasteiger partial charge in [0.25, 0.3) is 0 Å². The second-order valence-corrected chi connectivity index (χ2v) is 5.65. The van der Waals surface area contributed by atoms with E-state index in [4.69, 9.17) is 0 Å². The van der Waals surface area contributed by atoms with Crippen molar-refractivity contribution in [1.82, 2.24) is 10.6 Å². The summed E-state index contributed by atoms with van der Waals surface area (Å²) in [6.07, 6.45) is 9.23. The first-order valence-corrected chi connectivity index (χ1v) is 7.73. The van der Waals surface area contributed by atoms with Gasteiger partial charge >= 0.3 is 0 Å². The molecule has 0 aliphatic heterocycles. The highest BCUT2D eigenvalue weighted by Gasteiger charge is 2.26. The zero-order valence-corrected chi connectivity index (χ0v) is 12.3. The highest BCUT2D eigenvalue weighted by atomic mass is 15.1. The van der Waals surface area contributed by atoms with Gasteiger partial charge in [0, 0.05) is 24.2 Å². The quantitative estimate of drug-likeness (QED) is 0.712. The van der Waals surface area contributed by atoms with Crippen molar-refractivity contribution in [2.24, 2.45) is 0 Å². The molecule has 0 saturated heterocycles. The van der Waals surface area contributed by atoms with Crippen molar-refractivity contribution in [1.29, 1.82) is 0 Å². The molecule has 0 bridgehead atoms. The largest absolute Gasteiger partial charge is 0.310 e. The van der Waals surface area contributed by atoms with E-state index < -0.39 is 0 Å². The summed E-state index contributed by atoms with van der Waals surface area (Å²) in [6, 6.07) is 2.75. The van der Waals surface area contributed by atoms with E-state index >= 15 is 0 Å². The van der Waals surface area contributed by atoms with Gasteiger partial charge in [-0.15, -0.1) is 0 Å². The van der Waals surface area contributed by atoms with Crippen molar-refractivity contribution in [2.75, 3.05) is 0 Å². The van der Waals surface area contributed by atoms with Crippen molar-refractivity contribution in [2.45, 2.75) is 96.8 Å². The average molecular weight is 240 g/mol. The fraction of sp³-hybridized carbons (Fsp3) is 1.00. The lowest BCUT2D eigenvalue weighted by Crippen LogP contribution is -2.54. The van der Waals surface area contributed by atoms with E-state index in [0.717, 1.165) is 0 Å². The van der Waals surface area contributed by atoms with Crippen LogP contribution in [0.15, 0.2) is 0 Å². The van der Waals surface area contributed by atoms with E-state index in [1.165, 1.54) is 44.9 Å².